The van der Waals surface area contributed by atoms with E-state index in [-0.39, 0.29) is 10.5 Å². The van der Waals surface area contributed by atoms with Crippen LogP contribution in [0, 0.1) is 6.92 Å². The van der Waals surface area contributed by atoms with Crippen molar-refractivity contribution in [1.29, 1.82) is 0 Å². The van der Waals surface area contributed by atoms with Crippen LogP contribution in [0.4, 0.5) is 5.69 Å². The third-order valence-electron chi connectivity index (χ3n) is 4.36. The van der Waals surface area contributed by atoms with Crippen molar-refractivity contribution in [2.75, 3.05) is 11.8 Å². The van der Waals surface area contributed by atoms with Crippen LogP contribution in [0.2, 0.25) is 5.02 Å². The summed E-state index contributed by atoms with van der Waals surface area (Å²) in [6, 6.07) is 19.1. The quantitative estimate of drug-likeness (QED) is 0.370. The van der Waals surface area contributed by atoms with E-state index in [1.165, 1.54) is 31.0 Å². The molecule has 0 atom stereocenters. The molecular formula is C22H20ClNO4S2. The summed E-state index contributed by atoms with van der Waals surface area (Å²) >= 11 is 7.43. The van der Waals surface area contributed by atoms with Crippen molar-refractivity contribution in [3.8, 4) is 0 Å². The maximum Gasteiger partial charge on any atom is 0.338 e. The second-order valence-corrected chi connectivity index (χ2v) is 9.62. The number of para-hydroxylation sites is 1. The number of sulfonamides is 1. The van der Waals surface area contributed by atoms with Gasteiger partial charge >= 0.3 is 5.97 Å². The number of hydrogen-bond acceptors (Lipinski definition) is 5. The van der Waals surface area contributed by atoms with E-state index in [0.717, 1.165) is 10.5 Å². The van der Waals surface area contributed by atoms with Gasteiger partial charge in [0.25, 0.3) is 10.0 Å². The van der Waals surface area contributed by atoms with E-state index in [1.807, 2.05) is 36.4 Å². The highest BCUT2D eigenvalue weighted by atomic mass is 35.5. The molecule has 156 valence electrons. The van der Waals surface area contributed by atoms with Crippen molar-refractivity contribution in [2.45, 2.75) is 22.5 Å². The minimum Gasteiger partial charge on any atom is -0.465 e. The second kappa shape index (κ2) is 9.55. The Morgan fingerprint density at radius 1 is 1.07 bits per heavy atom. The lowest BCUT2D eigenvalue weighted by atomic mass is 10.1. The fraction of sp³-hybridized carbons (Fsp3) is 0.136. The lowest BCUT2D eigenvalue weighted by Gasteiger charge is -2.13. The number of methoxy groups -OCH3 is 1. The summed E-state index contributed by atoms with van der Waals surface area (Å²) in [5.41, 5.74) is 2.39. The van der Waals surface area contributed by atoms with E-state index in [0.29, 0.717) is 22.0 Å². The van der Waals surface area contributed by atoms with Crippen LogP contribution in [0.3, 0.4) is 0 Å². The second-order valence-electron chi connectivity index (χ2n) is 6.49. The average Bonchev–Trinajstić information content (AvgIpc) is 2.73. The summed E-state index contributed by atoms with van der Waals surface area (Å²) in [5, 5.41) is 0.668. The van der Waals surface area contributed by atoms with Crippen molar-refractivity contribution in [2.24, 2.45) is 0 Å². The summed E-state index contributed by atoms with van der Waals surface area (Å²) < 4.78 is 33.3. The Morgan fingerprint density at radius 3 is 2.47 bits per heavy atom. The largest absolute Gasteiger partial charge is 0.465 e. The molecule has 0 aliphatic carbocycles. The average molecular weight is 462 g/mol. The van der Waals surface area contributed by atoms with Crippen molar-refractivity contribution < 1.29 is 17.9 Å². The zero-order valence-electron chi connectivity index (χ0n) is 16.4. The molecule has 0 aliphatic rings. The number of aryl methyl sites for hydroxylation is 1. The summed E-state index contributed by atoms with van der Waals surface area (Å²) in [6.45, 7) is 1.72. The molecule has 8 heteroatoms. The zero-order chi connectivity index (χ0) is 21.7. The lowest BCUT2D eigenvalue weighted by Crippen LogP contribution is -2.15. The van der Waals surface area contributed by atoms with Crippen molar-refractivity contribution in [3.63, 3.8) is 0 Å². The Kier molecular flexibility index (Phi) is 7.07. The fourth-order valence-corrected chi connectivity index (χ4v) is 4.98. The lowest BCUT2D eigenvalue weighted by molar-refractivity contribution is 0.0599. The predicted molar refractivity (Wildman–Crippen MR) is 121 cm³/mol. The molecule has 1 N–H and O–H groups in total. The first kappa shape index (κ1) is 22.2. The Balaban J connectivity index is 1.83. The van der Waals surface area contributed by atoms with Gasteiger partial charge in [0.2, 0.25) is 0 Å². The highest BCUT2D eigenvalue weighted by Crippen LogP contribution is 2.31. The maximum atomic E-state index is 13.0. The number of carbonyl (C=O) groups is 1. The van der Waals surface area contributed by atoms with Crippen LogP contribution in [0.15, 0.2) is 76.5 Å². The molecule has 0 bridgehead atoms. The monoisotopic (exact) mass is 461 g/mol. The van der Waals surface area contributed by atoms with Crippen LogP contribution in [0.1, 0.15) is 21.5 Å². The van der Waals surface area contributed by atoms with E-state index in [4.69, 9.17) is 16.3 Å². The number of hydrogen-bond donors (Lipinski definition) is 1. The molecule has 3 aromatic rings. The van der Waals surface area contributed by atoms with E-state index in [2.05, 4.69) is 4.72 Å². The molecule has 0 saturated carbocycles. The maximum absolute atomic E-state index is 13.0. The van der Waals surface area contributed by atoms with Gasteiger partial charge in [0, 0.05) is 15.7 Å². The van der Waals surface area contributed by atoms with Crippen LogP contribution in [0.25, 0.3) is 0 Å². The van der Waals surface area contributed by atoms with Gasteiger partial charge in [-0.3, -0.25) is 4.72 Å². The van der Waals surface area contributed by atoms with Gasteiger partial charge < -0.3 is 4.74 Å². The molecule has 0 saturated heterocycles. The van der Waals surface area contributed by atoms with Gasteiger partial charge in [0.05, 0.1) is 23.3 Å². The number of halogens is 1. The fourth-order valence-electron chi connectivity index (χ4n) is 2.72. The van der Waals surface area contributed by atoms with Gasteiger partial charge in [-0.15, -0.1) is 11.8 Å². The van der Waals surface area contributed by atoms with Crippen molar-refractivity contribution in [3.05, 3.63) is 88.4 Å². The number of thioether (sulfide) groups is 1. The smallest absolute Gasteiger partial charge is 0.338 e. The minimum atomic E-state index is -3.89. The first-order chi connectivity index (χ1) is 14.3. The standard InChI is InChI=1S/C22H20ClNO4S2/c1-15-7-12-18(13-19(15)22(25)28-2)30(26,27)24-20-5-3-4-6-21(20)29-14-16-8-10-17(23)11-9-16/h3-13,24H,14H2,1-2H3. The van der Waals surface area contributed by atoms with Crippen LogP contribution in [-0.2, 0) is 20.5 Å². The number of esters is 1. The predicted octanol–water partition coefficient (Wildman–Crippen LogP) is 5.53. The molecule has 0 heterocycles. The first-order valence-corrected chi connectivity index (χ1v) is 11.8. The molecule has 0 aromatic heterocycles. The molecule has 3 aromatic carbocycles. The molecule has 0 fully saturated rings. The number of rotatable bonds is 7. The van der Waals surface area contributed by atoms with Crippen LogP contribution >= 0.6 is 23.4 Å². The van der Waals surface area contributed by atoms with E-state index < -0.39 is 16.0 Å². The Hall–Kier alpha value is -2.48. The van der Waals surface area contributed by atoms with Gasteiger partial charge in [-0.2, -0.15) is 0 Å². The molecule has 3 rings (SSSR count). The molecular weight excluding hydrogens is 442 g/mol. The van der Waals surface area contributed by atoms with Gasteiger partial charge in [0.1, 0.15) is 0 Å². The van der Waals surface area contributed by atoms with E-state index in [9.17, 15) is 13.2 Å². The SMILES string of the molecule is COC(=O)c1cc(S(=O)(=O)Nc2ccccc2SCc2ccc(Cl)cc2)ccc1C. The number of nitrogens with one attached hydrogen (secondary N) is 1. The van der Waals surface area contributed by atoms with Crippen LogP contribution < -0.4 is 4.72 Å². The molecule has 0 unspecified atom stereocenters. The Morgan fingerprint density at radius 2 is 1.77 bits per heavy atom. The Labute approximate surface area is 185 Å². The van der Waals surface area contributed by atoms with Gasteiger partial charge in [-0.05, 0) is 54.4 Å². The summed E-state index contributed by atoms with van der Waals surface area (Å²) in [6.07, 6.45) is 0. The highest BCUT2D eigenvalue weighted by Gasteiger charge is 2.19. The minimum absolute atomic E-state index is 0.00833. The molecule has 30 heavy (non-hydrogen) atoms. The summed E-state index contributed by atoms with van der Waals surface area (Å²) in [4.78, 5) is 12.7. The molecule has 0 aliphatic heterocycles. The molecule has 0 spiro atoms. The van der Waals surface area contributed by atoms with Gasteiger partial charge in [-0.25, -0.2) is 13.2 Å². The molecule has 5 nitrogen and oxygen atoms in total. The summed E-state index contributed by atoms with van der Waals surface area (Å²) in [7, 11) is -2.63. The van der Waals surface area contributed by atoms with E-state index >= 15 is 0 Å². The topological polar surface area (TPSA) is 72.5 Å². The van der Waals surface area contributed by atoms with Crippen molar-refractivity contribution in [1.82, 2.24) is 0 Å². The normalized spacial score (nSPS) is 11.2. The van der Waals surface area contributed by atoms with E-state index in [1.54, 1.807) is 25.1 Å². The number of anilines is 1. The van der Waals surface area contributed by atoms with Gasteiger partial charge in [-0.1, -0.05) is 41.9 Å². The molecule has 0 amide bonds. The third-order valence-corrected chi connectivity index (χ3v) is 7.12. The number of benzene rings is 3. The first-order valence-electron chi connectivity index (χ1n) is 8.98. The third kappa shape index (κ3) is 5.36. The highest BCUT2D eigenvalue weighted by molar-refractivity contribution is 7.98. The number of ether oxygens (including phenoxy) is 1. The van der Waals surface area contributed by atoms with Crippen molar-refractivity contribution >= 4 is 45.0 Å². The van der Waals surface area contributed by atoms with Crippen LogP contribution in [0.5, 0.6) is 0 Å². The summed E-state index contributed by atoms with van der Waals surface area (Å²) in [5.74, 6) is 0.0795. The molecule has 0 radical (unpaired) electrons. The number of carbonyl (C=O) groups excluding carboxylic acids is 1. The zero-order valence-corrected chi connectivity index (χ0v) is 18.8. The van der Waals surface area contributed by atoms with Gasteiger partial charge in [0.15, 0.2) is 0 Å². The Bertz CT molecular complexity index is 1160. The van der Waals surface area contributed by atoms with Crippen LogP contribution in [-0.4, -0.2) is 21.5 Å².